The Balaban J connectivity index is 0.00000420. The van der Waals surface area contributed by atoms with Crippen molar-refractivity contribution in [2.75, 3.05) is 0 Å². The lowest BCUT2D eigenvalue weighted by Crippen LogP contribution is -2.16. The maximum Gasteiger partial charge on any atom is 0.0159 e. The highest BCUT2D eigenvalue weighted by Crippen LogP contribution is 2.55. The number of benzene rings is 8. The maximum absolute atomic E-state index is 2.48. The van der Waals surface area contributed by atoms with E-state index >= 15 is 0 Å². The highest BCUT2D eigenvalue weighted by atomic mass is 14.4. The van der Waals surface area contributed by atoms with E-state index < -0.39 is 0 Å². The number of hydrogen-bond donors (Lipinski definition) is 0. The summed E-state index contributed by atoms with van der Waals surface area (Å²) in [6.45, 7) is 19.1. The third-order valence-corrected chi connectivity index (χ3v) is 15.5. The largest absolute Gasteiger partial charge is 0.0619 e. The van der Waals surface area contributed by atoms with E-state index in [0.29, 0.717) is 0 Å². The van der Waals surface area contributed by atoms with Crippen LogP contribution in [0.15, 0.2) is 158 Å². The summed E-state index contributed by atoms with van der Waals surface area (Å²) >= 11 is 0. The van der Waals surface area contributed by atoms with Gasteiger partial charge in [-0.1, -0.05) is 177 Å². The van der Waals surface area contributed by atoms with Crippen LogP contribution in [0, 0.1) is 0 Å². The van der Waals surface area contributed by atoms with Crippen molar-refractivity contribution in [2.24, 2.45) is 0 Å². The third kappa shape index (κ3) is 4.63. The minimum absolute atomic E-state index is 0. The molecular formula is C60H52. The first-order valence-corrected chi connectivity index (χ1v) is 21.8. The van der Waals surface area contributed by atoms with Gasteiger partial charge in [0.05, 0.1) is 0 Å². The molecule has 0 atom stereocenters. The number of fused-ring (bicyclic) bond motifs is 12. The second-order valence-corrected chi connectivity index (χ2v) is 20.2. The molecule has 0 radical (unpaired) electrons. The fraction of sp³-hybridized carbons (Fsp3) is 0.200. The molecule has 0 bridgehead atoms. The Morgan fingerprint density at radius 3 is 0.633 bits per heavy atom. The van der Waals surface area contributed by atoms with E-state index in [1.807, 2.05) is 0 Å². The molecule has 0 N–H and O–H groups in total. The number of rotatable bonds is 3. The van der Waals surface area contributed by atoms with E-state index in [-0.39, 0.29) is 23.1 Å². The molecule has 0 saturated carbocycles. The summed E-state index contributed by atoms with van der Waals surface area (Å²) in [5, 5.41) is 0. The van der Waals surface area contributed by atoms with Crippen molar-refractivity contribution in [2.45, 2.75) is 77.0 Å². The van der Waals surface area contributed by atoms with Crippen LogP contribution >= 0.6 is 0 Å². The van der Waals surface area contributed by atoms with E-state index in [1.54, 1.807) is 0 Å². The molecule has 8 aromatic rings. The minimum Gasteiger partial charge on any atom is -0.0619 e. The second kappa shape index (κ2) is 11.7. The highest BCUT2D eigenvalue weighted by Gasteiger charge is 2.40. The van der Waals surface area contributed by atoms with Gasteiger partial charge >= 0.3 is 0 Å². The first-order valence-electron chi connectivity index (χ1n) is 21.8. The van der Waals surface area contributed by atoms with Crippen molar-refractivity contribution < 1.29 is 1.43 Å². The number of hydrogen-bond acceptors (Lipinski definition) is 0. The van der Waals surface area contributed by atoms with Gasteiger partial charge in [-0.25, -0.2) is 0 Å². The zero-order valence-electron chi connectivity index (χ0n) is 36.0. The quantitative estimate of drug-likeness (QED) is 0.168. The second-order valence-electron chi connectivity index (χ2n) is 20.2. The van der Waals surface area contributed by atoms with Gasteiger partial charge in [0.1, 0.15) is 0 Å². The standard InChI is InChI=1S/C60H50.H2/c1-57(2)49-15-11-9-13-41(49)43-23-17-35(29-51(43)57)37-19-25-45-47-27-21-39(33-55(47)59(5,6)53(45)31-37)40-22-28-48-46-26-20-38(32-54(46)60(7,8)56(48)34-40)36-18-24-44-42-14-10-12-16-50(42)58(3,4)52(44)30-36;/h9-34H,1-8H3;1H. The lowest BCUT2D eigenvalue weighted by molar-refractivity contribution is 0.659. The molecule has 0 aliphatic heterocycles. The van der Waals surface area contributed by atoms with Crippen molar-refractivity contribution in [3.8, 4) is 77.9 Å². The molecule has 60 heavy (non-hydrogen) atoms. The molecule has 4 aliphatic rings. The van der Waals surface area contributed by atoms with Crippen molar-refractivity contribution >= 4 is 0 Å². The first-order chi connectivity index (χ1) is 28.7. The minimum atomic E-state index is -0.124. The average Bonchev–Trinajstić information content (AvgIpc) is 3.83. The van der Waals surface area contributed by atoms with Crippen LogP contribution in [0.25, 0.3) is 77.9 Å². The molecule has 12 rings (SSSR count). The Hall–Kier alpha value is -6.24. The lowest BCUT2D eigenvalue weighted by Gasteiger charge is -2.24. The molecular weight excluding hydrogens is 721 g/mol. The van der Waals surface area contributed by atoms with Gasteiger partial charge in [0.15, 0.2) is 0 Å². The van der Waals surface area contributed by atoms with Gasteiger partial charge in [-0.2, -0.15) is 0 Å². The van der Waals surface area contributed by atoms with E-state index in [9.17, 15) is 0 Å². The van der Waals surface area contributed by atoms with Gasteiger partial charge in [-0.3, -0.25) is 0 Å². The first kappa shape index (κ1) is 35.7. The summed E-state index contributed by atoms with van der Waals surface area (Å²) in [5.74, 6) is 0. The molecule has 0 nitrogen and oxygen atoms in total. The monoisotopic (exact) mass is 772 g/mol. The predicted molar refractivity (Wildman–Crippen MR) is 255 cm³/mol. The van der Waals surface area contributed by atoms with Crippen LogP contribution in [0.4, 0.5) is 0 Å². The molecule has 0 amide bonds. The fourth-order valence-corrected chi connectivity index (χ4v) is 12.0. The van der Waals surface area contributed by atoms with Crippen molar-refractivity contribution in [3.63, 3.8) is 0 Å². The maximum atomic E-state index is 2.48. The van der Waals surface area contributed by atoms with E-state index in [2.05, 4.69) is 213 Å². The smallest absolute Gasteiger partial charge is 0.0159 e. The van der Waals surface area contributed by atoms with Gasteiger partial charge in [0.2, 0.25) is 0 Å². The van der Waals surface area contributed by atoms with Crippen molar-refractivity contribution in [1.82, 2.24) is 0 Å². The Labute approximate surface area is 357 Å². The summed E-state index contributed by atoms with van der Waals surface area (Å²) < 4.78 is 0. The van der Waals surface area contributed by atoms with Crippen LogP contribution in [0.2, 0.25) is 0 Å². The van der Waals surface area contributed by atoms with Gasteiger partial charge in [-0.05, 0) is 159 Å². The SMILES string of the molecule is CC1(C)c2ccccc2-c2ccc(-c3ccc4c(c3)C(C)(C)c3cc(-c5ccc6c(c5)C(C)(C)c5cc(-c7ccc8c(c7)C(C)(C)c7ccccc7-8)ccc5-6)ccc3-4)cc21.[HH]. The van der Waals surface area contributed by atoms with Gasteiger partial charge < -0.3 is 0 Å². The Bertz CT molecular complexity index is 2990. The summed E-state index contributed by atoms with van der Waals surface area (Å²) in [7, 11) is 0. The Kier molecular flexibility index (Phi) is 6.98. The van der Waals surface area contributed by atoms with E-state index in [0.717, 1.165) is 0 Å². The third-order valence-electron chi connectivity index (χ3n) is 15.5. The van der Waals surface area contributed by atoms with Gasteiger partial charge in [0.25, 0.3) is 0 Å². The van der Waals surface area contributed by atoms with Gasteiger partial charge in [-0.15, -0.1) is 0 Å². The zero-order valence-corrected chi connectivity index (χ0v) is 36.0. The van der Waals surface area contributed by atoms with E-state index in [1.165, 1.54) is 122 Å². The summed E-state index contributed by atoms with van der Waals surface area (Å²) in [5.41, 5.74) is 29.7. The Morgan fingerprint density at radius 2 is 0.400 bits per heavy atom. The van der Waals surface area contributed by atoms with E-state index in [4.69, 9.17) is 0 Å². The molecule has 8 aromatic carbocycles. The highest BCUT2D eigenvalue weighted by molar-refractivity contribution is 5.90. The molecule has 0 heteroatoms. The van der Waals surface area contributed by atoms with Crippen LogP contribution in [0.1, 0.15) is 101 Å². The predicted octanol–water partition coefficient (Wildman–Crippen LogP) is 16.2. The molecule has 0 aromatic heterocycles. The molecule has 0 saturated heterocycles. The van der Waals surface area contributed by atoms with Crippen molar-refractivity contribution in [3.05, 3.63) is 202 Å². The molecule has 4 aliphatic carbocycles. The molecule has 292 valence electrons. The zero-order chi connectivity index (χ0) is 41.1. The summed E-state index contributed by atoms with van der Waals surface area (Å²) in [6, 6.07) is 60.8. The van der Waals surface area contributed by atoms with Gasteiger partial charge in [0, 0.05) is 23.1 Å². The lowest BCUT2D eigenvalue weighted by atomic mass is 9.79. The topological polar surface area (TPSA) is 0 Å². The van der Waals surface area contributed by atoms with Crippen LogP contribution in [-0.4, -0.2) is 0 Å². The molecule has 0 spiro atoms. The molecule has 0 fully saturated rings. The summed E-state index contributed by atoms with van der Waals surface area (Å²) in [4.78, 5) is 0. The van der Waals surface area contributed by atoms with Crippen LogP contribution in [0.5, 0.6) is 0 Å². The molecule has 0 heterocycles. The summed E-state index contributed by atoms with van der Waals surface area (Å²) in [6.07, 6.45) is 0. The normalized spacial score (nSPS) is 16.9. The van der Waals surface area contributed by atoms with Crippen LogP contribution in [0.3, 0.4) is 0 Å². The average molecular weight is 773 g/mol. The van der Waals surface area contributed by atoms with Crippen molar-refractivity contribution in [1.29, 1.82) is 0 Å². The van der Waals surface area contributed by atoms with Crippen LogP contribution < -0.4 is 0 Å². The fourth-order valence-electron chi connectivity index (χ4n) is 12.0. The Morgan fingerprint density at radius 1 is 0.217 bits per heavy atom. The molecule has 0 unspecified atom stereocenters. The van der Waals surface area contributed by atoms with Crippen LogP contribution in [-0.2, 0) is 21.7 Å².